The zero-order chi connectivity index (χ0) is 11.3. The molecule has 0 fully saturated rings. The van der Waals surface area contributed by atoms with E-state index in [4.69, 9.17) is 5.53 Å². The number of azide groups is 1. The van der Waals surface area contributed by atoms with E-state index in [0.29, 0.717) is 5.69 Å². The van der Waals surface area contributed by atoms with Gasteiger partial charge in [-0.1, -0.05) is 10.1 Å². The van der Waals surface area contributed by atoms with Gasteiger partial charge in [-0.25, -0.2) is 4.98 Å². The fraction of sp³-hybridized carbons (Fsp3) is 0.500. The second-order valence-corrected chi connectivity index (χ2v) is 2.71. The fourth-order valence-electron chi connectivity index (χ4n) is 0.997. The average molecular weight is 214 g/mol. The summed E-state index contributed by atoms with van der Waals surface area (Å²) in [5, 5.41) is 13.4. The molecular weight excluding hydrogens is 207 g/mol. The van der Waals surface area contributed by atoms with E-state index in [1.165, 1.54) is 6.20 Å². The number of hydrogen-bond acceptors (Lipinski definition) is 4. The molecule has 0 aliphatic heterocycles. The van der Waals surface area contributed by atoms with Gasteiger partial charge in [-0.2, -0.15) is 0 Å². The van der Waals surface area contributed by atoms with Gasteiger partial charge in [0.2, 0.25) is 0 Å². The summed E-state index contributed by atoms with van der Waals surface area (Å²) in [7, 11) is 0. The summed E-state index contributed by atoms with van der Waals surface area (Å²) in [6, 6.07) is -0.866. The summed E-state index contributed by atoms with van der Waals surface area (Å²) in [4.78, 5) is 17.8. The van der Waals surface area contributed by atoms with Crippen LogP contribution in [-0.2, 0) is 6.42 Å². The molecule has 1 aromatic rings. The Kier molecular flexibility index (Phi) is 3.58. The van der Waals surface area contributed by atoms with Gasteiger partial charge in [0.15, 0.2) is 0 Å². The first-order valence-electron chi connectivity index (χ1n) is 3.95. The Hall–Kier alpha value is -2.15. The van der Waals surface area contributed by atoms with Crippen LogP contribution in [0, 0.1) is 10.1 Å². The van der Waals surface area contributed by atoms with Crippen molar-refractivity contribution in [1.82, 2.24) is 9.97 Å². The lowest BCUT2D eigenvalue weighted by atomic mass is 10.2. The molecule has 1 heterocycles. The number of H-pyrrole nitrogens is 1. The molecule has 9 heteroatoms. The molecule has 0 aliphatic carbocycles. The Morgan fingerprint density at radius 2 is 2.60 bits per heavy atom. The van der Waals surface area contributed by atoms with Crippen molar-refractivity contribution < 1.29 is 9.31 Å². The van der Waals surface area contributed by atoms with E-state index in [1.807, 2.05) is 0 Å². The third kappa shape index (κ3) is 2.92. The van der Waals surface area contributed by atoms with E-state index in [-0.39, 0.29) is 6.42 Å². The predicted molar refractivity (Wildman–Crippen MR) is 47.9 cm³/mol. The third-order valence-corrected chi connectivity index (χ3v) is 1.64. The number of halogens is 1. The van der Waals surface area contributed by atoms with Crippen molar-refractivity contribution in [3.63, 3.8) is 0 Å². The molecule has 0 saturated carbocycles. The van der Waals surface area contributed by atoms with Crippen LogP contribution in [0.4, 0.5) is 10.3 Å². The van der Waals surface area contributed by atoms with Crippen molar-refractivity contribution in [2.24, 2.45) is 5.11 Å². The standard InChI is InChI=1S/C6H7FN6O2/c7-2-4(11-12-8)1-5-3-9-6(10-5)13(14)15/h3-4H,1-2H2,(H,9,10). The summed E-state index contributed by atoms with van der Waals surface area (Å²) in [5.74, 6) is -0.413. The molecule has 8 nitrogen and oxygen atoms in total. The molecule has 0 radical (unpaired) electrons. The van der Waals surface area contributed by atoms with Crippen LogP contribution >= 0.6 is 0 Å². The number of aromatic amines is 1. The summed E-state index contributed by atoms with van der Waals surface area (Å²) in [5.41, 5.74) is 8.45. The Balaban J connectivity index is 2.71. The number of rotatable bonds is 5. The number of hydrogen-bond donors (Lipinski definition) is 1. The lowest BCUT2D eigenvalue weighted by Gasteiger charge is -2.00. The zero-order valence-corrected chi connectivity index (χ0v) is 7.50. The highest BCUT2D eigenvalue weighted by molar-refractivity contribution is 5.11. The van der Waals surface area contributed by atoms with Crippen LogP contribution in [-0.4, -0.2) is 27.6 Å². The molecule has 15 heavy (non-hydrogen) atoms. The van der Waals surface area contributed by atoms with E-state index >= 15 is 0 Å². The first-order chi connectivity index (χ1) is 7.17. The molecule has 0 saturated heterocycles. The Labute approximate surface area is 82.9 Å². The number of nitrogens with one attached hydrogen (secondary N) is 1. The molecule has 1 rings (SSSR count). The molecule has 0 amide bonds. The van der Waals surface area contributed by atoms with Crippen LogP contribution in [0.15, 0.2) is 11.3 Å². The van der Waals surface area contributed by atoms with Gasteiger partial charge in [-0.3, -0.25) is 4.39 Å². The van der Waals surface area contributed by atoms with Crippen molar-refractivity contribution in [2.75, 3.05) is 6.67 Å². The van der Waals surface area contributed by atoms with Crippen molar-refractivity contribution in [3.8, 4) is 0 Å². The molecule has 1 unspecified atom stereocenters. The first-order valence-corrected chi connectivity index (χ1v) is 3.95. The maximum absolute atomic E-state index is 12.3. The molecule has 1 atom stereocenters. The monoisotopic (exact) mass is 214 g/mol. The van der Waals surface area contributed by atoms with Gasteiger partial charge < -0.3 is 10.1 Å². The molecule has 0 aromatic carbocycles. The highest BCUT2D eigenvalue weighted by atomic mass is 19.1. The van der Waals surface area contributed by atoms with Gasteiger partial charge in [0, 0.05) is 11.3 Å². The van der Waals surface area contributed by atoms with E-state index in [1.54, 1.807) is 0 Å². The Bertz CT molecular complexity index is 398. The fourth-order valence-corrected chi connectivity index (χ4v) is 0.997. The SMILES string of the molecule is [N-]=[N+]=NC(CF)Cc1cnc([N+](=O)[O-])[nH]1. The van der Waals surface area contributed by atoms with Crippen molar-refractivity contribution in [3.05, 3.63) is 32.4 Å². The number of alkyl halides is 1. The first kappa shape index (κ1) is 10.9. The lowest BCUT2D eigenvalue weighted by molar-refractivity contribution is -0.393. The second kappa shape index (κ2) is 4.91. The Morgan fingerprint density at radius 3 is 3.07 bits per heavy atom. The maximum Gasteiger partial charge on any atom is 0.432 e. The largest absolute Gasteiger partial charge is 0.432 e. The topological polar surface area (TPSA) is 121 Å². The van der Waals surface area contributed by atoms with Crippen LogP contribution in [0.25, 0.3) is 10.4 Å². The van der Waals surface area contributed by atoms with Gasteiger partial charge in [0.1, 0.15) is 11.9 Å². The van der Waals surface area contributed by atoms with Crippen LogP contribution in [0.5, 0.6) is 0 Å². The van der Waals surface area contributed by atoms with Gasteiger partial charge in [0.05, 0.1) is 12.7 Å². The minimum atomic E-state index is -0.866. The summed E-state index contributed by atoms with van der Waals surface area (Å²) in [6.07, 6.45) is 1.27. The lowest BCUT2D eigenvalue weighted by Crippen LogP contribution is -2.10. The van der Waals surface area contributed by atoms with Crippen LogP contribution < -0.4 is 0 Å². The van der Waals surface area contributed by atoms with Crippen molar-refractivity contribution >= 4 is 5.95 Å². The third-order valence-electron chi connectivity index (χ3n) is 1.64. The maximum atomic E-state index is 12.3. The molecule has 1 N–H and O–H groups in total. The zero-order valence-electron chi connectivity index (χ0n) is 7.50. The summed E-state index contributed by atoms with van der Waals surface area (Å²) >= 11 is 0. The minimum absolute atomic E-state index is 0.0569. The predicted octanol–water partition coefficient (Wildman–Crippen LogP) is 1.51. The Morgan fingerprint density at radius 1 is 1.87 bits per heavy atom. The van der Waals surface area contributed by atoms with Gasteiger partial charge >= 0.3 is 5.95 Å². The van der Waals surface area contributed by atoms with E-state index in [2.05, 4.69) is 20.0 Å². The van der Waals surface area contributed by atoms with Gasteiger partial charge in [-0.05, 0) is 10.5 Å². The van der Waals surface area contributed by atoms with E-state index < -0.39 is 23.6 Å². The number of nitrogens with zero attached hydrogens (tertiary/aromatic N) is 5. The quantitative estimate of drug-likeness (QED) is 0.263. The summed E-state index contributed by atoms with van der Waals surface area (Å²) < 4.78 is 12.3. The molecule has 0 aliphatic rings. The molecule has 0 bridgehead atoms. The van der Waals surface area contributed by atoms with Crippen molar-refractivity contribution in [1.29, 1.82) is 0 Å². The second-order valence-electron chi connectivity index (χ2n) is 2.71. The number of aromatic nitrogens is 2. The van der Waals surface area contributed by atoms with Crippen molar-refractivity contribution in [2.45, 2.75) is 12.5 Å². The van der Waals surface area contributed by atoms with Crippen LogP contribution in [0.1, 0.15) is 5.69 Å². The number of imidazole rings is 1. The molecule has 80 valence electrons. The molecule has 1 aromatic heterocycles. The number of nitro groups is 1. The van der Waals surface area contributed by atoms with Crippen LogP contribution in [0.3, 0.4) is 0 Å². The van der Waals surface area contributed by atoms with Gasteiger partial charge in [0.25, 0.3) is 0 Å². The highest BCUT2D eigenvalue weighted by Crippen LogP contribution is 2.09. The average Bonchev–Trinajstić information content (AvgIpc) is 2.65. The minimum Gasteiger partial charge on any atom is -0.390 e. The molecular formula is C6H7FN6O2. The van der Waals surface area contributed by atoms with Gasteiger partial charge in [-0.15, -0.1) is 0 Å². The van der Waals surface area contributed by atoms with E-state index in [9.17, 15) is 14.5 Å². The highest BCUT2D eigenvalue weighted by Gasteiger charge is 2.15. The smallest absolute Gasteiger partial charge is 0.390 e. The normalized spacial score (nSPS) is 11.8. The summed E-state index contributed by atoms with van der Waals surface area (Å²) in [6.45, 7) is -0.823. The molecule has 0 spiro atoms. The van der Waals surface area contributed by atoms with E-state index in [0.717, 1.165) is 0 Å². The van der Waals surface area contributed by atoms with Crippen LogP contribution in [0.2, 0.25) is 0 Å².